The highest BCUT2D eigenvalue weighted by Gasteiger charge is 2.20. The Bertz CT molecular complexity index is 1100. The van der Waals surface area contributed by atoms with E-state index in [1.165, 1.54) is 0 Å². The first kappa shape index (κ1) is 18.8. The van der Waals surface area contributed by atoms with Gasteiger partial charge in [-0.15, -0.1) is 0 Å². The number of rotatable bonds is 5. The smallest absolute Gasteiger partial charge is 0.228 e. The number of ketones is 1. The third-order valence-corrected chi connectivity index (χ3v) is 5.55. The summed E-state index contributed by atoms with van der Waals surface area (Å²) in [5, 5.41) is 0. The van der Waals surface area contributed by atoms with Gasteiger partial charge in [0.15, 0.2) is 5.82 Å². The number of halogens is 2. The number of nitrogens with zero attached hydrogens (tertiary/aromatic N) is 2. The van der Waals surface area contributed by atoms with Crippen molar-refractivity contribution in [3.05, 3.63) is 111 Å². The molecule has 3 aromatic carbocycles. The van der Waals surface area contributed by atoms with Gasteiger partial charge in [0.2, 0.25) is 5.78 Å². The molecule has 0 amide bonds. The molecule has 0 fully saturated rings. The minimum absolute atomic E-state index is 0.0909. The minimum atomic E-state index is -0.0909. The van der Waals surface area contributed by atoms with E-state index in [0.717, 1.165) is 25.8 Å². The fourth-order valence-electron chi connectivity index (χ4n) is 3.06. The third kappa shape index (κ3) is 4.01. The van der Waals surface area contributed by atoms with Gasteiger partial charge in [0.1, 0.15) is 0 Å². The van der Waals surface area contributed by atoms with E-state index < -0.39 is 0 Å². The number of benzene rings is 3. The van der Waals surface area contributed by atoms with E-state index in [1.54, 1.807) is 6.20 Å². The zero-order chi connectivity index (χ0) is 19.5. The fraction of sp³-hybridized carbons (Fsp3) is 0.0435. The van der Waals surface area contributed by atoms with E-state index in [9.17, 15) is 4.79 Å². The lowest BCUT2D eigenvalue weighted by atomic mass is 10.1. The molecule has 0 bridgehead atoms. The van der Waals surface area contributed by atoms with Crippen molar-refractivity contribution in [1.82, 2.24) is 9.55 Å². The summed E-state index contributed by atoms with van der Waals surface area (Å²) in [6, 6.07) is 25.5. The van der Waals surface area contributed by atoms with Crippen LogP contribution in [0.2, 0.25) is 0 Å². The molecule has 138 valence electrons. The van der Waals surface area contributed by atoms with Crippen molar-refractivity contribution in [1.29, 1.82) is 0 Å². The van der Waals surface area contributed by atoms with Crippen LogP contribution in [0.5, 0.6) is 0 Å². The molecule has 0 spiro atoms. The van der Waals surface area contributed by atoms with Gasteiger partial charge in [0.05, 0.1) is 11.9 Å². The Kier molecular flexibility index (Phi) is 5.55. The molecule has 1 aromatic heterocycles. The van der Waals surface area contributed by atoms with Crippen LogP contribution < -0.4 is 0 Å². The topological polar surface area (TPSA) is 34.9 Å². The first-order chi connectivity index (χ1) is 13.6. The van der Waals surface area contributed by atoms with Crippen molar-refractivity contribution >= 4 is 37.6 Å². The highest BCUT2D eigenvalue weighted by molar-refractivity contribution is 9.10. The Morgan fingerprint density at radius 2 is 1.43 bits per heavy atom. The number of aromatic nitrogens is 2. The summed E-state index contributed by atoms with van der Waals surface area (Å²) in [7, 11) is 0. The summed E-state index contributed by atoms with van der Waals surface area (Å²) in [6.45, 7) is 0.573. The van der Waals surface area contributed by atoms with E-state index in [2.05, 4.69) is 49.0 Å². The fourth-order valence-corrected chi connectivity index (χ4v) is 3.59. The Morgan fingerprint density at radius 3 is 2.07 bits per heavy atom. The van der Waals surface area contributed by atoms with Crippen LogP contribution >= 0.6 is 31.9 Å². The monoisotopic (exact) mass is 494 g/mol. The molecule has 0 unspecified atom stereocenters. The van der Waals surface area contributed by atoms with Crippen LogP contribution in [0.25, 0.3) is 11.3 Å². The molecule has 0 N–H and O–H groups in total. The summed E-state index contributed by atoms with van der Waals surface area (Å²) in [5.41, 5.74) is 3.66. The van der Waals surface area contributed by atoms with E-state index in [-0.39, 0.29) is 5.78 Å². The average Bonchev–Trinajstić information content (AvgIpc) is 3.13. The van der Waals surface area contributed by atoms with Gasteiger partial charge >= 0.3 is 0 Å². The van der Waals surface area contributed by atoms with Gasteiger partial charge in [-0.05, 0) is 47.5 Å². The lowest BCUT2D eigenvalue weighted by Crippen LogP contribution is -2.13. The summed E-state index contributed by atoms with van der Waals surface area (Å²) < 4.78 is 3.94. The van der Waals surface area contributed by atoms with Gasteiger partial charge in [-0.1, -0.05) is 74.3 Å². The molecule has 0 atom stereocenters. The van der Waals surface area contributed by atoms with Crippen LogP contribution in [0.3, 0.4) is 0 Å². The van der Waals surface area contributed by atoms with E-state index in [4.69, 9.17) is 0 Å². The van der Waals surface area contributed by atoms with Gasteiger partial charge in [-0.2, -0.15) is 0 Å². The molecular weight excluding hydrogens is 480 g/mol. The molecule has 0 aliphatic rings. The standard InChI is InChI=1S/C23H16Br2N2O/c24-19-10-6-17(7-11-19)21-14-26-23(22(28)18-8-12-20(25)13-9-18)27(21)15-16-4-2-1-3-5-16/h1-14H,15H2. The molecule has 0 aliphatic carbocycles. The van der Waals surface area contributed by atoms with Crippen molar-refractivity contribution in [2.45, 2.75) is 6.54 Å². The predicted molar refractivity (Wildman–Crippen MR) is 118 cm³/mol. The maximum atomic E-state index is 13.2. The second-order valence-corrected chi connectivity index (χ2v) is 8.21. The molecule has 4 aromatic rings. The van der Waals surface area contributed by atoms with Crippen molar-refractivity contribution in [3.8, 4) is 11.3 Å². The van der Waals surface area contributed by atoms with Gasteiger partial charge in [0.25, 0.3) is 0 Å². The first-order valence-electron chi connectivity index (χ1n) is 8.77. The summed E-state index contributed by atoms with van der Waals surface area (Å²) in [4.78, 5) is 17.7. The largest absolute Gasteiger partial charge is 0.317 e. The van der Waals surface area contributed by atoms with Crippen LogP contribution in [0, 0.1) is 0 Å². The number of hydrogen-bond acceptors (Lipinski definition) is 2. The molecular formula is C23H16Br2N2O. The van der Waals surface area contributed by atoms with Crippen LogP contribution in [0.4, 0.5) is 0 Å². The van der Waals surface area contributed by atoms with E-state index in [0.29, 0.717) is 17.9 Å². The zero-order valence-electron chi connectivity index (χ0n) is 14.8. The molecule has 1 heterocycles. The Hall–Kier alpha value is -2.50. The average molecular weight is 496 g/mol. The van der Waals surface area contributed by atoms with Gasteiger partial charge in [-0.25, -0.2) is 4.98 Å². The van der Waals surface area contributed by atoms with Crippen molar-refractivity contribution in [2.24, 2.45) is 0 Å². The predicted octanol–water partition coefficient (Wildman–Crippen LogP) is 6.35. The number of carbonyl (C=O) groups is 1. The summed E-state index contributed by atoms with van der Waals surface area (Å²) in [6.07, 6.45) is 1.78. The highest BCUT2D eigenvalue weighted by atomic mass is 79.9. The summed E-state index contributed by atoms with van der Waals surface area (Å²) >= 11 is 6.89. The molecule has 0 saturated heterocycles. The highest BCUT2D eigenvalue weighted by Crippen LogP contribution is 2.25. The van der Waals surface area contributed by atoms with E-state index in [1.807, 2.05) is 71.3 Å². The Balaban J connectivity index is 1.80. The number of carbonyl (C=O) groups excluding carboxylic acids is 1. The first-order valence-corrected chi connectivity index (χ1v) is 10.4. The molecule has 0 saturated carbocycles. The molecule has 5 heteroatoms. The van der Waals surface area contributed by atoms with Crippen LogP contribution in [0.1, 0.15) is 21.7 Å². The number of hydrogen-bond donors (Lipinski definition) is 0. The van der Waals surface area contributed by atoms with Crippen LogP contribution in [-0.2, 0) is 6.54 Å². The van der Waals surface area contributed by atoms with Crippen LogP contribution in [0.15, 0.2) is 94.0 Å². The van der Waals surface area contributed by atoms with Gasteiger partial charge < -0.3 is 4.57 Å². The molecule has 28 heavy (non-hydrogen) atoms. The Labute approximate surface area is 180 Å². The van der Waals surface area contributed by atoms with Crippen molar-refractivity contribution in [2.75, 3.05) is 0 Å². The van der Waals surface area contributed by atoms with E-state index >= 15 is 0 Å². The SMILES string of the molecule is O=C(c1ccc(Br)cc1)c1ncc(-c2ccc(Br)cc2)n1Cc1ccccc1. The van der Waals surface area contributed by atoms with Gasteiger partial charge in [-0.3, -0.25) is 4.79 Å². The maximum absolute atomic E-state index is 13.2. The quantitative estimate of drug-likeness (QED) is 0.302. The Morgan fingerprint density at radius 1 is 0.821 bits per heavy atom. The second kappa shape index (κ2) is 8.25. The lowest BCUT2D eigenvalue weighted by molar-refractivity contribution is 0.102. The van der Waals surface area contributed by atoms with Gasteiger partial charge in [0, 0.05) is 21.1 Å². The third-order valence-electron chi connectivity index (χ3n) is 4.49. The van der Waals surface area contributed by atoms with Crippen molar-refractivity contribution < 1.29 is 4.79 Å². The lowest BCUT2D eigenvalue weighted by Gasteiger charge is -2.12. The molecule has 0 aliphatic heterocycles. The summed E-state index contributed by atoms with van der Waals surface area (Å²) in [5.74, 6) is 0.343. The molecule has 4 rings (SSSR count). The minimum Gasteiger partial charge on any atom is -0.317 e. The maximum Gasteiger partial charge on any atom is 0.228 e. The second-order valence-electron chi connectivity index (χ2n) is 6.38. The zero-order valence-corrected chi connectivity index (χ0v) is 18.0. The van der Waals surface area contributed by atoms with Crippen LogP contribution in [-0.4, -0.2) is 15.3 Å². The molecule has 0 radical (unpaired) electrons. The molecule has 3 nitrogen and oxygen atoms in total. The van der Waals surface area contributed by atoms with Crippen molar-refractivity contribution in [3.63, 3.8) is 0 Å². The number of imidazole rings is 1. The normalized spacial score (nSPS) is 10.8.